The molecule has 1 unspecified atom stereocenters. The van der Waals surface area contributed by atoms with E-state index in [1.54, 1.807) is 18.2 Å². The number of carbonyl (C=O) groups excluding carboxylic acids is 2. The summed E-state index contributed by atoms with van der Waals surface area (Å²) in [6.07, 6.45) is 3.08. The zero-order valence-corrected chi connectivity index (χ0v) is 19.3. The van der Waals surface area contributed by atoms with E-state index in [2.05, 4.69) is 15.6 Å². The number of sulfonamides is 1. The maximum Gasteiger partial charge on any atom is 0.269 e. The number of rotatable bonds is 9. The summed E-state index contributed by atoms with van der Waals surface area (Å²) in [5, 5.41) is 0. The third-order valence-corrected chi connectivity index (χ3v) is 7.38. The van der Waals surface area contributed by atoms with Crippen LogP contribution in [0.4, 0.5) is 0 Å². The number of hydrogen-bond acceptors (Lipinski definition) is 7. The van der Waals surface area contributed by atoms with E-state index in [-0.39, 0.29) is 21.8 Å². The van der Waals surface area contributed by atoms with E-state index in [1.807, 2.05) is 6.26 Å². The van der Waals surface area contributed by atoms with Crippen LogP contribution < -0.4 is 15.6 Å². The smallest absolute Gasteiger partial charge is 0.269 e. The lowest BCUT2D eigenvalue weighted by Crippen LogP contribution is -2.52. The van der Waals surface area contributed by atoms with Crippen molar-refractivity contribution in [2.45, 2.75) is 22.3 Å². The molecule has 0 heterocycles. The Morgan fingerprint density at radius 3 is 2.06 bits per heavy atom. The topological polar surface area (TPSA) is 139 Å². The van der Waals surface area contributed by atoms with E-state index in [0.717, 1.165) is 6.26 Å². The standard InChI is InChI=1S/C19H23N3O6S3/c1-29-13-12-17(22-31(27,28)16-6-4-3-5-7-16)19(24)21-20-18(23)14-8-10-15(11-9-14)30(2,25)26/h3-11,17,22H,12-13H2,1-2H3,(H,20,23)(H,21,24). The van der Waals surface area contributed by atoms with Crippen molar-refractivity contribution in [3.63, 3.8) is 0 Å². The third kappa shape index (κ3) is 7.35. The normalized spacial score (nSPS) is 12.7. The quantitative estimate of drug-likeness (QED) is 0.450. The molecule has 0 saturated carbocycles. The van der Waals surface area contributed by atoms with Crippen LogP contribution >= 0.6 is 11.8 Å². The number of hydrazine groups is 1. The molecule has 0 fully saturated rings. The molecule has 0 saturated heterocycles. The summed E-state index contributed by atoms with van der Waals surface area (Å²) >= 11 is 1.44. The van der Waals surface area contributed by atoms with Crippen LogP contribution in [0, 0.1) is 0 Å². The second-order valence-electron chi connectivity index (χ2n) is 6.51. The Labute approximate surface area is 185 Å². The fourth-order valence-electron chi connectivity index (χ4n) is 2.47. The van der Waals surface area contributed by atoms with Gasteiger partial charge in [-0.3, -0.25) is 20.4 Å². The largest absolute Gasteiger partial charge is 0.271 e. The monoisotopic (exact) mass is 485 g/mol. The van der Waals surface area contributed by atoms with Crippen LogP contribution in [0.1, 0.15) is 16.8 Å². The predicted molar refractivity (Wildman–Crippen MR) is 119 cm³/mol. The van der Waals surface area contributed by atoms with Gasteiger partial charge in [0, 0.05) is 11.8 Å². The highest BCUT2D eigenvalue weighted by atomic mass is 32.2. The second-order valence-corrected chi connectivity index (χ2v) is 11.2. The van der Waals surface area contributed by atoms with Gasteiger partial charge in [-0.05, 0) is 54.8 Å². The Hall–Kier alpha value is -2.41. The van der Waals surface area contributed by atoms with E-state index in [0.29, 0.717) is 5.75 Å². The number of amides is 2. The van der Waals surface area contributed by atoms with Crippen LogP contribution in [0.3, 0.4) is 0 Å². The molecule has 0 radical (unpaired) electrons. The third-order valence-electron chi connectivity index (χ3n) is 4.12. The Morgan fingerprint density at radius 1 is 0.903 bits per heavy atom. The molecule has 12 heteroatoms. The summed E-state index contributed by atoms with van der Waals surface area (Å²) in [6, 6.07) is 11.7. The fourth-order valence-corrected chi connectivity index (χ4v) is 4.82. The molecule has 0 aliphatic carbocycles. The molecule has 0 aromatic heterocycles. The van der Waals surface area contributed by atoms with Crippen molar-refractivity contribution in [1.29, 1.82) is 0 Å². The van der Waals surface area contributed by atoms with Gasteiger partial charge in [0.15, 0.2) is 9.84 Å². The molecule has 1 atom stereocenters. The number of sulfone groups is 1. The van der Waals surface area contributed by atoms with Gasteiger partial charge in [-0.15, -0.1) is 0 Å². The highest BCUT2D eigenvalue weighted by Crippen LogP contribution is 2.11. The number of benzene rings is 2. The fraction of sp³-hybridized carbons (Fsp3) is 0.263. The zero-order valence-electron chi connectivity index (χ0n) is 16.9. The molecule has 3 N–H and O–H groups in total. The Kier molecular flexibility index (Phi) is 8.62. The molecule has 0 bridgehead atoms. The summed E-state index contributed by atoms with van der Waals surface area (Å²) in [6.45, 7) is 0. The van der Waals surface area contributed by atoms with Gasteiger partial charge in [0.1, 0.15) is 6.04 Å². The molecule has 168 valence electrons. The molecule has 2 amide bonds. The first-order valence-electron chi connectivity index (χ1n) is 9.01. The van der Waals surface area contributed by atoms with Gasteiger partial charge in [-0.1, -0.05) is 18.2 Å². The van der Waals surface area contributed by atoms with Gasteiger partial charge in [0.25, 0.3) is 11.8 Å². The summed E-state index contributed by atoms with van der Waals surface area (Å²) in [4.78, 5) is 24.8. The highest BCUT2D eigenvalue weighted by Gasteiger charge is 2.25. The molecular formula is C19H23N3O6S3. The first-order valence-corrected chi connectivity index (χ1v) is 13.8. The Morgan fingerprint density at radius 2 is 1.52 bits per heavy atom. The predicted octanol–water partition coefficient (Wildman–Crippen LogP) is 0.951. The van der Waals surface area contributed by atoms with E-state index >= 15 is 0 Å². The minimum atomic E-state index is -3.93. The lowest BCUT2D eigenvalue weighted by Gasteiger charge is -2.18. The lowest BCUT2D eigenvalue weighted by molar-refractivity contribution is -0.123. The number of nitrogens with one attached hydrogen (secondary N) is 3. The van der Waals surface area contributed by atoms with Gasteiger partial charge >= 0.3 is 0 Å². The summed E-state index contributed by atoms with van der Waals surface area (Å²) in [5.41, 5.74) is 4.55. The van der Waals surface area contributed by atoms with Crippen LogP contribution in [0.15, 0.2) is 64.4 Å². The van der Waals surface area contributed by atoms with Gasteiger partial charge < -0.3 is 0 Å². The number of thioether (sulfide) groups is 1. The van der Waals surface area contributed by atoms with E-state index in [4.69, 9.17) is 0 Å². The molecule has 2 aromatic carbocycles. The van der Waals surface area contributed by atoms with Crippen LogP contribution in [-0.4, -0.2) is 53.0 Å². The molecule has 0 spiro atoms. The molecule has 2 rings (SSSR count). The molecular weight excluding hydrogens is 462 g/mol. The van der Waals surface area contributed by atoms with Crippen molar-refractivity contribution < 1.29 is 26.4 Å². The van der Waals surface area contributed by atoms with Crippen molar-refractivity contribution >= 4 is 43.4 Å². The van der Waals surface area contributed by atoms with Gasteiger partial charge in [-0.25, -0.2) is 16.8 Å². The van der Waals surface area contributed by atoms with E-state index < -0.39 is 37.7 Å². The van der Waals surface area contributed by atoms with Gasteiger partial charge in [0.05, 0.1) is 9.79 Å². The SMILES string of the molecule is CSCCC(NS(=O)(=O)c1ccccc1)C(=O)NNC(=O)c1ccc(S(C)(=O)=O)cc1. The summed E-state index contributed by atoms with van der Waals surface area (Å²) < 4.78 is 50.4. The van der Waals surface area contributed by atoms with Crippen molar-refractivity contribution in [3.05, 3.63) is 60.2 Å². The number of carbonyl (C=O) groups is 2. The molecule has 0 aliphatic rings. The zero-order chi connectivity index (χ0) is 23.1. The molecule has 0 aliphatic heterocycles. The molecule has 2 aromatic rings. The molecule has 9 nitrogen and oxygen atoms in total. The summed E-state index contributed by atoms with van der Waals surface area (Å²) in [5.74, 6) is -0.895. The van der Waals surface area contributed by atoms with Crippen molar-refractivity contribution in [2.75, 3.05) is 18.3 Å². The van der Waals surface area contributed by atoms with Gasteiger partial charge in [-0.2, -0.15) is 16.5 Å². The first kappa shape index (κ1) is 24.9. The Balaban J connectivity index is 2.05. The average molecular weight is 486 g/mol. The van der Waals surface area contributed by atoms with Crippen LogP contribution in [-0.2, 0) is 24.7 Å². The molecule has 31 heavy (non-hydrogen) atoms. The van der Waals surface area contributed by atoms with E-state index in [9.17, 15) is 26.4 Å². The first-order chi connectivity index (χ1) is 14.5. The van der Waals surface area contributed by atoms with Crippen LogP contribution in [0.5, 0.6) is 0 Å². The average Bonchev–Trinajstić information content (AvgIpc) is 2.74. The van der Waals surface area contributed by atoms with Gasteiger partial charge in [0.2, 0.25) is 10.0 Å². The lowest BCUT2D eigenvalue weighted by atomic mass is 10.2. The Bertz CT molecular complexity index is 1120. The van der Waals surface area contributed by atoms with E-state index in [1.165, 1.54) is 48.2 Å². The maximum atomic E-state index is 12.5. The second kappa shape index (κ2) is 10.8. The van der Waals surface area contributed by atoms with Crippen LogP contribution in [0.2, 0.25) is 0 Å². The summed E-state index contributed by atoms with van der Waals surface area (Å²) in [7, 11) is -7.33. The van der Waals surface area contributed by atoms with Crippen molar-refractivity contribution in [1.82, 2.24) is 15.6 Å². The minimum Gasteiger partial charge on any atom is -0.271 e. The van der Waals surface area contributed by atoms with Crippen molar-refractivity contribution in [2.24, 2.45) is 0 Å². The minimum absolute atomic E-state index is 0.0203. The van der Waals surface area contributed by atoms with Crippen molar-refractivity contribution in [3.8, 4) is 0 Å². The highest BCUT2D eigenvalue weighted by molar-refractivity contribution is 7.98. The maximum absolute atomic E-state index is 12.5. The number of hydrogen-bond donors (Lipinski definition) is 3. The van der Waals surface area contributed by atoms with Crippen LogP contribution in [0.25, 0.3) is 0 Å².